The van der Waals surface area contributed by atoms with Crippen LogP contribution in [0.3, 0.4) is 0 Å². The third-order valence-electron chi connectivity index (χ3n) is 4.29. The van der Waals surface area contributed by atoms with Crippen LogP contribution in [0.25, 0.3) is 0 Å². The Hall–Kier alpha value is -4.11. The fraction of sp³-hybridized carbons (Fsp3) is 0.136. The number of aromatic amines is 1. The largest absolute Gasteiger partial charge is 0.545 e. The van der Waals surface area contributed by atoms with Gasteiger partial charge in [-0.25, -0.2) is 4.98 Å². The molecule has 1 heterocycles. The molecule has 0 saturated carbocycles. The van der Waals surface area contributed by atoms with Gasteiger partial charge < -0.3 is 20.1 Å². The Balaban J connectivity index is 0.000000245. The molecule has 31 heavy (non-hydrogen) atoms. The minimum atomic E-state index is -1.54. The number of carboxylic acid groups (broad SMARTS) is 1. The van der Waals surface area contributed by atoms with Crippen molar-refractivity contribution in [3.8, 4) is 5.75 Å². The topological polar surface area (TPSA) is 150 Å². The number of benzene rings is 2. The number of nitrogens with one attached hydrogen (secondary N) is 1. The number of pyridine rings is 1. The van der Waals surface area contributed by atoms with Crippen molar-refractivity contribution in [3.05, 3.63) is 92.8 Å². The molecule has 3 aromatic rings. The van der Waals surface area contributed by atoms with Crippen LogP contribution in [0.4, 0.5) is 11.4 Å². The maximum Gasteiger partial charge on any atom is 0.278 e. The summed E-state index contributed by atoms with van der Waals surface area (Å²) in [5.74, 6) is -1.43. The number of aromatic nitrogens is 1. The Morgan fingerprint density at radius 2 is 1.81 bits per heavy atom. The molecular formula is C22H21N3O6. The molecule has 0 amide bonds. The second-order valence-corrected chi connectivity index (χ2v) is 6.51. The monoisotopic (exact) mass is 423 g/mol. The molecule has 0 aliphatic rings. The van der Waals surface area contributed by atoms with Gasteiger partial charge in [-0.1, -0.05) is 29.8 Å². The molecule has 0 aliphatic heterocycles. The van der Waals surface area contributed by atoms with E-state index in [1.54, 1.807) is 19.3 Å². The highest BCUT2D eigenvalue weighted by atomic mass is 16.6. The first-order valence-electron chi connectivity index (χ1n) is 9.14. The fourth-order valence-electron chi connectivity index (χ4n) is 2.55. The van der Waals surface area contributed by atoms with E-state index in [9.17, 15) is 30.2 Å². The molecule has 0 saturated heterocycles. The zero-order chi connectivity index (χ0) is 23.0. The van der Waals surface area contributed by atoms with Gasteiger partial charge >= 0.3 is 0 Å². The number of hydrogen-bond donors (Lipinski definition) is 2. The van der Waals surface area contributed by atoms with Gasteiger partial charge in [0.05, 0.1) is 39.9 Å². The standard InChI is InChI=1S/C15H16N2O2.C7H5NO4/c1-10-3-5-13(6-4-10)17-8-14-12(9-18)7-16-11(2)15(14)19;9-7(10)5-3-1-2-4-6(5)8(11)12/h3-8,18-19H,9H2,1-2H3;1-4H,(H,9,10). The Morgan fingerprint density at radius 3 is 2.35 bits per heavy atom. The van der Waals surface area contributed by atoms with Gasteiger partial charge in [-0.2, -0.15) is 0 Å². The lowest BCUT2D eigenvalue weighted by Gasteiger charge is -2.03. The molecule has 2 aromatic carbocycles. The van der Waals surface area contributed by atoms with Crippen molar-refractivity contribution in [1.29, 1.82) is 0 Å². The number of aliphatic hydroxyl groups excluding tert-OH is 1. The Morgan fingerprint density at radius 1 is 1.16 bits per heavy atom. The summed E-state index contributed by atoms with van der Waals surface area (Å²) in [7, 11) is 0. The number of aryl methyl sites for hydroxylation is 2. The average Bonchev–Trinajstić information content (AvgIpc) is 2.76. The number of carbonyl (C=O) groups is 1. The number of nitro benzene ring substituents is 1. The van der Waals surface area contributed by atoms with Crippen molar-refractivity contribution in [2.45, 2.75) is 20.5 Å². The molecule has 0 atom stereocenters. The van der Waals surface area contributed by atoms with E-state index >= 15 is 0 Å². The summed E-state index contributed by atoms with van der Waals surface area (Å²) in [6.07, 6.45) is 3.25. The smallest absolute Gasteiger partial charge is 0.278 e. The van der Waals surface area contributed by atoms with E-state index in [2.05, 4.69) is 9.98 Å². The molecule has 1 aromatic heterocycles. The van der Waals surface area contributed by atoms with Crippen LogP contribution in [0.1, 0.15) is 32.7 Å². The molecule has 0 bridgehead atoms. The third-order valence-corrected chi connectivity index (χ3v) is 4.29. The van der Waals surface area contributed by atoms with Crippen LogP contribution < -0.4 is 10.1 Å². The van der Waals surface area contributed by atoms with Crippen LogP contribution >= 0.6 is 0 Å². The zero-order valence-electron chi connectivity index (χ0n) is 16.9. The number of aromatic carboxylic acids is 1. The summed E-state index contributed by atoms with van der Waals surface area (Å²) in [5, 5.41) is 39.8. The van der Waals surface area contributed by atoms with Gasteiger partial charge in [0.25, 0.3) is 5.69 Å². The summed E-state index contributed by atoms with van der Waals surface area (Å²) >= 11 is 0. The number of rotatable bonds is 5. The van der Waals surface area contributed by atoms with Crippen molar-refractivity contribution in [1.82, 2.24) is 0 Å². The molecule has 0 aliphatic carbocycles. The van der Waals surface area contributed by atoms with Gasteiger partial charge in [-0.05, 0) is 25.1 Å². The number of para-hydroxylation sites is 1. The van der Waals surface area contributed by atoms with Crippen molar-refractivity contribution in [2.24, 2.45) is 4.99 Å². The number of carboxylic acids is 1. The first kappa shape index (κ1) is 23.2. The quantitative estimate of drug-likeness (QED) is 0.364. The second kappa shape index (κ2) is 10.6. The number of H-pyrrole nitrogens is 1. The average molecular weight is 423 g/mol. The Bertz CT molecular complexity index is 1080. The van der Waals surface area contributed by atoms with Crippen LogP contribution in [0.2, 0.25) is 0 Å². The minimum Gasteiger partial charge on any atom is -0.545 e. The SMILES string of the molecule is Cc1ccc(N=Cc2c(CO)c[nH+]c(C)c2O)cc1.O=C([O-])c1ccccc1[N+](=O)[O-]. The number of aromatic hydroxyl groups is 1. The van der Waals surface area contributed by atoms with E-state index in [0.717, 1.165) is 17.8 Å². The van der Waals surface area contributed by atoms with Gasteiger partial charge in [-0.15, -0.1) is 0 Å². The molecule has 3 N–H and O–H groups in total. The number of aliphatic hydroxyl groups is 1. The fourth-order valence-corrected chi connectivity index (χ4v) is 2.55. The summed E-state index contributed by atoms with van der Waals surface area (Å²) in [5.41, 5.74) is 2.92. The van der Waals surface area contributed by atoms with Crippen molar-refractivity contribution in [3.63, 3.8) is 0 Å². The second-order valence-electron chi connectivity index (χ2n) is 6.51. The van der Waals surface area contributed by atoms with Crippen LogP contribution in [-0.2, 0) is 6.61 Å². The molecule has 0 spiro atoms. The summed E-state index contributed by atoms with van der Waals surface area (Å²) in [6, 6.07) is 12.8. The van der Waals surface area contributed by atoms with Gasteiger partial charge in [0, 0.05) is 19.2 Å². The molecule has 0 radical (unpaired) electrons. The van der Waals surface area contributed by atoms with E-state index in [-0.39, 0.29) is 12.4 Å². The maximum atomic E-state index is 10.3. The van der Waals surface area contributed by atoms with Crippen LogP contribution in [0, 0.1) is 24.0 Å². The Labute approximate surface area is 178 Å². The maximum absolute atomic E-state index is 10.3. The first-order chi connectivity index (χ1) is 14.7. The highest BCUT2D eigenvalue weighted by Crippen LogP contribution is 2.21. The van der Waals surface area contributed by atoms with Crippen molar-refractivity contribution < 1.29 is 30.0 Å². The summed E-state index contributed by atoms with van der Waals surface area (Å²) in [6.45, 7) is 3.62. The van der Waals surface area contributed by atoms with Gasteiger partial charge in [-0.3, -0.25) is 15.1 Å². The number of nitrogens with zero attached hydrogens (tertiary/aromatic N) is 2. The zero-order valence-corrected chi connectivity index (χ0v) is 16.9. The lowest BCUT2D eigenvalue weighted by Crippen LogP contribution is -2.23. The molecule has 0 unspecified atom stereocenters. The summed E-state index contributed by atoms with van der Waals surface area (Å²) in [4.78, 5) is 27.0. The molecule has 0 fully saturated rings. The van der Waals surface area contributed by atoms with Gasteiger partial charge in [0.15, 0.2) is 11.9 Å². The molecule has 3 rings (SSSR count). The minimum absolute atomic E-state index is 0.113. The molecular weight excluding hydrogens is 402 g/mol. The normalized spacial score (nSPS) is 10.4. The molecule has 160 valence electrons. The molecule has 9 heteroatoms. The number of carbonyl (C=O) groups excluding carboxylic acids is 1. The molecule has 9 nitrogen and oxygen atoms in total. The van der Waals surface area contributed by atoms with E-state index < -0.39 is 22.1 Å². The summed E-state index contributed by atoms with van der Waals surface area (Å²) < 4.78 is 0. The lowest BCUT2D eigenvalue weighted by atomic mass is 10.1. The first-order valence-corrected chi connectivity index (χ1v) is 9.14. The predicted molar refractivity (Wildman–Crippen MR) is 111 cm³/mol. The highest BCUT2D eigenvalue weighted by Gasteiger charge is 2.14. The van der Waals surface area contributed by atoms with Gasteiger partial charge in [0.1, 0.15) is 0 Å². The third kappa shape index (κ3) is 6.18. The lowest BCUT2D eigenvalue weighted by molar-refractivity contribution is -0.389. The van der Waals surface area contributed by atoms with E-state index in [1.807, 2.05) is 31.2 Å². The predicted octanol–water partition coefficient (Wildman–Crippen LogP) is 2.02. The van der Waals surface area contributed by atoms with Crippen LogP contribution in [-0.4, -0.2) is 27.3 Å². The van der Waals surface area contributed by atoms with Gasteiger partial charge in [0.2, 0.25) is 5.69 Å². The highest BCUT2D eigenvalue weighted by molar-refractivity contribution is 5.90. The van der Waals surface area contributed by atoms with E-state index in [1.165, 1.54) is 17.7 Å². The number of nitro groups is 1. The van der Waals surface area contributed by atoms with Crippen molar-refractivity contribution >= 4 is 23.6 Å². The Kier molecular flexibility index (Phi) is 7.93. The van der Waals surface area contributed by atoms with E-state index in [4.69, 9.17) is 0 Å². The number of aliphatic imine (C=N–C) groups is 1. The number of hydrogen-bond acceptors (Lipinski definition) is 7. The van der Waals surface area contributed by atoms with Crippen molar-refractivity contribution in [2.75, 3.05) is 0 Å². The van der Waals surface area contributed by atoms with E-state index in [0.29, 0.717) is 16.8 Å². The van der Waals surface area contributed by atoms with Crippen LogP contribution in [0.15, 0.2) is 59.7 Å². The van der Waals surface area contributed by atoms with Crippen LogP contribution in [0.5, 0.6) is 5.75 Å².